The van der Waals surface area contributed by atoms with Crippen molar-refractivity contribution in [2.75, 3.05) is 24.4 Å². The van der Waals surface area contributed by atoms with Crippen LogP contribution >= 0.6 is 0 Å². The van der Waals surface area contributed by atoms with E-state index >= 15 is 0 Å². The van der Waals surface area contributed by atoms with E-state index < -0.39 is 0 Å². The molecule has 106 valence electrons. The molecule has 1 heterocycles. The third-order valence-corrected chi connectivity index (χ3v) is 3.70. The van der Waals surface area contributed by atoms with E-state index in [-0.39, 0.29) is 0 Å². The fourth-order valence-corrected chi connectivity index (χ4v) is 2.56. The highest BCUT2D eigenvalue weighted by molar-refractivity contribution is 5.46. The number of methoxy groups -OCH3 is 1. The van der Waals surface area contributed by atoms with Crippen LogP contribution in [0, 0.1) is 5.41 Å². The van der Waals surface area contributed by atoms with Crippen LogP contribution in [-0.2, 0) is 11.3 Å². The van der Waals surface area contributed by atoms with Crippen molar-refractivity contribution in [3.8, 4) is 0 Å². The van der Waals surface area contributed by atoms with Gasteiger partial charge in [-0.3, -0.25) is 0 Å². The van der Waals surface area contributed by atoms with E-state index in [1.54, 1.807) is 7.11 Å². The Labute approximate surface area is 114 Å². The van der Waals surface area contributed by atoms with Crippen molar-refractivity contribution in [1.29, 1.82) is 0 Å². The lowest BCUT2D eigenvalue weighted by atomic mass is 9.89. The molecule has 0 radical (unpaired) electrons. The maximum Gasteiger partial charge on any atom is 0.158 e. The van der Waals surface area contributed by atoms with Gasteiger partial charge in [0.15, 0.2) is 5.82 Å². The summed E-state index contributed by atoms with van der Waals surface area (Å²) in [5.74, 6) is 7.43. The number of nitrogen functional groups attached to an aromatic ring is 1. The van der Waals surface area contributed by atoms with Gasteiger partial charge in [0.1, 0.15) is 18.2 Å². The van der Waals surface area contributed by atoms with Gasteiger partial charge >= 0.3 is 0 Å². The number of hydrogen-bond acceptors (Lipinski definition) is 6. The van der Waals surface area contributed by atoms with Crippen LogP contribution in [0.1, 0.15) is 38.4 Å². The number of hydrazine groups is 1. The SMILES string of the molecule is COCc1nc(NN)cc(NCC2(C)CCCC2)n1. The second-order valence-corrected chi connectivity index (χ2v) is 5.50. The smallest absolute Gasteiger partial charge is 0.158 e. The van der Waals surface area contributed by atoms with Crippen molar-refractivity contribution < 1.29 is 4.74 Å². The first-order valence-corrected chi connectivity index (χ1v) is 6.73. The number of ether oxygens (including phenoxy) is 1. The standard InChI is InChI=1S/C13H23N5O/c1-13(5-3-4-6-13)9-15-10-7-11(18-14)17-12(16-10)8-19-2/h7H,3-6,8-9,14H2,1-2H3,(H2,15,16,17,18). The third-order valence-electron chi connectivity index (χ3n) is 3.70. The molecule has 0 saturated heterocycles. The molecule has 4 N–H and O–H groups in total. The molecule has 0 amide bonds. The molecule has 1 aromatic heterocycles. The Morgan fingerprint density at radius 3 is 2.63 bits per heavy atom. The average molecular weight is 265 g/mol. The van der Waals surface area contributed by atoms with Gasteiger partial charge in [0.25, 0.3) is 0 Å². The summed E-state index contributed by atoms with van der Waals surface area (Å²) in [7, 11) is 1.62. The molecule has 0 aromatic carbocycles. The fourth-order valence-electron chi connectivity index (χ4n) is 2.56. The minimum absolute atomic E-state index is 0.376. The molecule has 1 aliphatic carbocycles. The van der Waals surface area contributed by atoms with E-state index in [4.69, 9.17) is 10.6 Å². The van der Waals surface area contributed by atoms with Gasteiger partial charge in [0.05, 0.1) is 0 Å². The number of hydrogen-bond donors (Lipinski definition) is 3. The number of anilines is 2. The van der Waals surface area contributed by atoms with Crippen LogP contribution in [0.3, 0.4) is 0 Å². The largest absolute Gasteiger partial charge is 0.377 e. The number of rotatable bonds is 6. The van der Waals surface area contributed by atoms with Gasteiger partial charge in [-0.2, -0.15) is 0 Å². The highest BCUT2D eigenvalue weighted by Gasteiger charge is 2.28. The van der Waals surface area contributed by atoms with E-state index in [1.165, 1.54) is 25.7 Å². The second kappa shape index (κ2) is 6.16. The Bertz CT molecular complexity index is 417. The number of aromatic nitrogens is 2. The van der Waals surface area contributed by atoms with Gasteiger partial charge in [-0.15, -0.1) is 0 Å². The van der Waals surface area contributed by atoms with E-state index in [9.17, 15) is 0 Å². The molecule has 0 unspecified atom stereocenters. The predicted octanol–water partition coefficient (Wildman–Crippen LogP) is 1.90. The molecule has 6 nitrogen and oxygen atoms in total. The summed E-state index contributed by atoms with van der Waals surface area (Å²) >= 11 is 0. The number of nitrogens with two attached hydrogens (primary N) is 1. The molecular formula is C13H23N5O. The lowest BCUT2D eigenvalue weighted by Crippen LogP contribution is -2.24. The molecule has 1 aliphatic rings. The molecule has 1 fully saturated rings. The molecular weight excluding hydrogens is 242 g/mol. The van der Waals surface area contributed by atoms with Crippen molar-refractivity contribution in [2.45, 2.75) is 39.2 Å². The highest BCUT2D eigenvalue weighted by atomic mass is 16.5. The number of nitrogens with zero attached hydrogens (tertiary/aromatic N) is 2. The van der Waals surface area contributed by atoms with Crippen molar-refractivity contribution in [3.63, 3.8) is 0 Å². The van der Waals surface area contributed by atoms with Crippen LogP contribution in [0.4, 0.5) is 11.6 Å². The Kier molecular flexibility index (Phi) is 4.55. The van der Waals surface area contributed by atoms with Gasteiger partial charge in [0.2, 0.25) is 0 Å². The molecule has 2 rings (SSSR count). The first kappa shape index (κ1) is 14.0. The maximum absolute atomic E-state index is 5.42. The first-order valence-electron chi connectivity index (χ1n) is 6.73. The topological polar surface area (TPSA) is 85.1 Å². The Morgan fingerprint density at radius 2 is 2.00 bits per heavy atom. The van der Waals surface area contributed by atoms with E-state index in [2.05, 4.69) is 27.6 Å². The summed E-state index contributed by atoms with van der Waals surface area (Å²) < 4.78 is 5.06. The van der Waals surface area contributed by atoms with Gasteiger partial charge in [0, 0.05) is 19.7 Å². The van der Waals surface area contributed by atoms with Crippen LogP contribution in [0.15, 0.2) is 6.07 Å². The molecule has 0 spiro atoms. The zero-order valence-electron chi connectivity index (χ0n) is 11.7. The Balaban J connectivity index is 2.04. The molecule has 6 heteroatoms. The second-order valence-electron chi connectivity index (χ2n) is 5.50. The molecule has 0 bridgehead atoms. The quantitative estimate of drug-likeness (QED) is 0.538. The van der Waals surface area contributed by atoms with Crippen molar-refractivity contribution in [1.82, 2.24) is 9.97 Å². The van der Waals surface area contributed by atoms with Gasteiger partial charge in [-0.1, -0.05) is 19.8 Å². The molecule has 0 atom stereocenters. The minimum Gasteiger partial charge on any atom is -0.377 e. The zero-order chi connectivity index (χ0) is 13.7. The molecule has 0 aliphatic heterocycles. The van der Waals surface area contributed by atoms with E-state index in [1.807, 2.05) is 6.07 Å². The zero-order valence-corrected chi connectivity index (χ0v) is 11.7. The monoisotopic (exact) mass is 265 g/mol. The summed E-state index contributed by atoms with van der Waals surface area (Å²) in [6.45, 7) is 3.63. The lowest BCUT2D eigenvalue weighted by molar-refractivity contribution is 0.178. The number of nitrogens with one attached hydrogen (secondary N) is 2. The fraction of sp³-hybridized carbons (Fsp3) is 0.692. The average Bonchev–Trinajstić information content (AvgIpc) is 2.84. The Morgan fingerprint density at radius 1 is 1.32 bits per heavy atom. The summed E-state index contributed by atoms with van der Waals surface area (Å²) in [6, 6.07) is 1.82. The minimum atomic E-state index is 0.376. The van der Waals surface area contributed by atoms with Crippen LogP contribution in [-0.4, -0.2) is 23.6 Å². The van der Waals surface area contributed by atoms with E-state index in [0.29, 0.717) is 23.7 Å². The van der Waals surface area contributed by atoms with E-state index in [0.717, 1.165) is 12.4 Å². The summed E-state index contributed by atoms with van der Waals surface area (Å²) in [5.41, 5.74) is 2.93. The summed E-state index contributed by atoms with van der Waals surface area (Å²) in [5, 5.41) is 3.40. The normalized spacial score (nSPS) is 17.4. The first-order chi connectivity index (χ1) is 9.15. The van der Waals surface area contributed by atoms with Crippen LogP contribution < -0.4 is 16.6 Å². The van der Waals surface area contributed by atoms with Crippen LogP contribution in [0.2, 0.25) is 0 Å². The highest BCUT2D eigenvalue weighted by Crippen LogP contribution is 2.37. The Hall–Kier alpha value is -1.40. The molecule has 19 heavy (non-hydrogen) atoms. The van der Waals surface area contributed by atoms with Crippen molar-refractivity contribution >= 4 is 11.6 Å². The predicted molar refractivity (Wildman–Crippen MR) is 75.6 cm³/mol. The lowest BCUT2D eigenvalue weighted by Gasteiger charge is -2.24. The summed E-state index contributed by atoms with van der Waals surface area (Å²) in [6.07, 6.45) is 5.20. The molecule has 1 aromatic rings. The van der Waals surface area contributed by atoms with Gasteiger partial charge < -0.3 is 15.5 Å². The maximum atomic E-state index is 5.42. The van der Waals surface area contributed by atoms with Crippen molar-refractivity contribution in [3.05, 3.63) is 11.9 Å². The van der Waals surface area contributed by atoms with Gasteiger partial charge in [-0.05, 0) is 18.3 Å². The van der Waals surface area contributed by atoms with Gasteiger partial charge in [-0.25, -0.2) is 15.8 Å². The van der Waals surface area contributed by atoms with Crippen LogP contribution in [0.5, 0.6) is 0 Å². The molecule has 1 saturated carbocycles. The van der Waals surface area contributed by atoms with Crippen molar-refractivity contribution in [2.24, 2.45) is 11.3 Å². The summed E-state index contributed by atoms with van der Waals surface area (Å²) in [4.78, 5) is 8.65. The van der Waals surface area contributed by atoms with Crippen LogP contribution in [0.25, 0.3) is 0 Å². The third kappa shape index (κ3) is 3.78.